The number of thiophene rings is 1. The molecule has 2 aromatic rings. The Hall–Kier alpha value is -0.750. The van der Waals surface area contributed by atoms with Gasteiger partial charge in [-0.1, -0.05) is 6.07 Å². The van der Waals surface area contributed by atoms with Crippen LogP contribution in [0.4, 0.5) is 5.69 Å². The van der Waals surface area contributed by atoms with Crippen LogP contribution in [0, 0.1) is 3.57 Å². The number of halogens is 1. The van der Waals surface area contributed by atoms with E-state index >= 15 is 0 Å². The minimum atomic E-state index is 0.709. The van der Waals surface area contributed by atoms with Gasteiger partial charge < -0.3 is 10.5 Å². The monoisotopic (exact) mass is 345 g/mol. The largest absolute Gasteiger partial charge is 0.492 e. The van der Waals surface area contributed by atoms with Crippen molar-refractivity contribution in [3.05, 3.63) is 44.2 Å². The molecule has 0 radical (unpaired) electrons. The summed E-state index contributed by atoms with van der Waals surface area (Å²) in [6.07, 6.45) is 0.956. The predicted octanol–water partition coefficient (Wildman–Crippen LogP) is 3.56. The summed E-state index contributed by atoms with van der Waals surface area (Å²) in [6.45, 7) is 0.709. The van der Waals surface area contributed by atoms with E-state index in [0.29, 0.717) is 6.61 Å². The normalized spacial score (nSPS) is 10.3. The summed E-state index contributed by atoms with van der Waals surface area (Å²) in [6, 6.07) is 9.89. The highest BCUT2D eigenvalue weighted by atomic mass is 127. The molecule has 2 nitrogen and oxygen atoms in total. The molecule has 0 bridgehead atoms. The fourth-order valence-corrected chi connectivity index (χ4v) is 2.74. The van der Waals surface area contributed by atoms with E-state index in [-0.39, 0.29) is 0 Å². The van der Waals surface area contributed by atoms with Crippen LogP contribution in [-0.2, 0) is 6.42 Å². The zero-order chi connectivity index (χ0) is 11.4. The molecule has 16 heavy (non-hydrogen) atoms. The SMILES string of the molecule is Nc1ccc(OCCc2cccs2)c(I)c1. The van der Waals surface area contributed by atoms with Crippen molar-refractivity contribution < 1.29 is 4.74 Å². The van der Waals surface area contributed by atoms with Gasteiger partial charge in [0.15, 0.2) is 0 Å². The van der Waals surface area contributed by atoms with Gasteiger partial charge in [-0.3, -0.25) is 0 Å². The van der Waals surface area contributed by atoms with Crippen molar-refractivity contribution in [3.63, 3.8) is 0 Å². The second-order valence-electron chi connectivity index (χ2n) is 3.37. The lowest BCUT2D eigenvalue weighted by molar-refractivity contribution is 0.321. The molecule has 0 aliphatic carbocycles. The molecule has 0 saturated carbocycles. The molecule has 4 heteroatoms. The summed E-state index contributed by atoms with van der Waals surface area (Å²) in [5, 5.41) is 2.09. The van der Waals surface area contributed by atoms with Crippen LogP contribution in [0.5, 0.6) is 5.75 Å². The molecule has 2 rings (SSSR count). The van der Waals surface area contributed by atoms with Gasteiger partial charge in [0.2, 0.25) is 0 Å². The van der Waals surface area contributed by atoms with Gasteiger partial charge in [-0.05, 0) is 52.2 Å². The molecular weight excluding hydrogens is 333 g/mol. The molecule has 1 heterocycles. The van der Waals surface area contributed by atoms with E-state index in [0.717, 1.165) is 21.4 Å². The maximum absolute atomic E-state index is 5.71. The van der Waals surface area contributed by atoms with Gasteiger partial charge in [0.25, 0.3) is 0 Å². The number of benzene rings is 1. The van der Waals surface area contributed by atoms with Crippen LogP contribution in [0.2, 0.25) is 0 Å². The topological polar surface area (TPSA) is 35.2 Å². The maximum atomic E-state index is 5.71. The van der Waals surface area contributed by atoms with Gasteiger partial charge in [-0.2, -0.15) is 0 Å². The highest BCUT2D eigenvalue weighted by Gasteiger charge is 2.01. The fourth-order valence-electron chi connectivity index (χ4n) is 1.35. The summed E-state index contributed by atoms with van der Waals surface area (Å²) < 4.78 is 6.77. The third-order valence-corrected chi connectivity index (χ3v) is 3.92. The van der Waals surface area contributed by atoms with Crippen molar-refractivity contribution in [2.75, 3.05) is 12.3 Å². The lowest BCUT2D eigenvalue weighted by atomic mass is 10.3. The second-order valence-corrected chi connectivity index (χ2v) is 5.56. The first kappa shape index (κ1) is 11.7. The number of nitrogen functional groups attached to an aromatic ring is 1. The molecule has 1 aromatic heterocycles. The quantitative estimate of drug-likeness (QED) is 0.679. The van der Waals surface area contributed by atoms with Crippen molar-refractivity contribution in [3.8, 4) is 5.75 Å². The van der Waals surface area contributed by atoms with E-state index in [1.54, 1.807) is 11.3 Å². The van der Waals surface area contributed by atoms with E-state index in [9.17, 15) is 0 Å². The van der Waals surface area contributed by atoms with Crippen LogP contribution in [0.25, 0.3) is 0 Å². The van der Waals surface area contributed by atoms with Gasteiger partial charge in [0.05, 0.1) is 10.2 Å². The van der Waals surface area contributed by atoms with Gasteiger partial charge in [-0.25, -0.2) is 0 Å². The number of ether oxygens (including phenoxy) is 1. The first-order chi connectivity index (χ1) is 7.75. The average molecular weight is 345 g/mol. The third kappa shape index (κ3) is 3.12. The number of nitrogens with two attached hydrogens (primary N) is 1. The first-order valence-electron chi connectivity index (χ1n) is 4.96. The molecule has 0 atom stereocenters. The Bertz CT molecular complexity index is 456. The van der Waals surface area contributed by atoms with E-state index < -0.39 is 0 Å². The Morgan fingerprint density at radius 3 is 2.88 bits per heavy atom. The van der Waals surface area contributed by atoms with Gasteiger partial charge in [0.1, 0.15) is 5.75 Å². The van der Waals surface area contributed by atoms with E-state index in [1.807, 2.05) is 18.2 Å². The number of hydrogen-bond acceptors (Lipinski definition) is 3. The van der Waals surface area contributed by atoms with Crippen LogP contribution in [0.3, 0.4) is 0 Å². The van der Waals surface area contributed by atoms with E-state index in [4.69, 9.17) is 10.5 Å². The Morgan fingerprint density at radius 2 is 2.19 bits per heavy atom. The van der Waals surface area contributed by atoms with Gasteiger partial charge in [-0.15, -0.1) is 11.3 Å². The van der Waals surface area contributed by atoms with Crippen molar-refractivity contribution >= 4 is 39.6 Å². The van der Waals surface area contributed by atoms with Crippen LogP contribution >= 0.6 is 33.9 Å². The molecule has 0 aliphatic heterocycles. The molecular formula is C12H12INOS. The Kier molecular flexibility index (Phi) is 4.06. The van der Waals surface area contributed by atoms with Crippen LogP contribution in [-0.4, -0.2) is 6.61 Å². The third-order valence-electron chi connectivity index (χ3n) is 2.14. The summed E-state index contributed by atoms with van der Waals surface area (Å²) in [4.78, 5) is 1.35. The molecule has 84 valence electrons. The standard InChI is InChI=1S/C12H12INOS/c13-11-8-9(14)3-4-12(11)15-6-5-10-2-1-7-16-10/h1-4,7-8H,5-6,14H2. The highest BCUT2D eigenvalue weighted by Crippen LogP contribution is 2.23. The Balaban J connectivity index is 1.90. The average Bonchev–Trinajstić information content (AvgIpc) is 2.74. The second kappa shape index (κ2) is 5.54. The highest BCUT2D eigenvalue weighted by molar-refractivity contribution is 14.1. The molecule has 2 N–H and O–H groups in total. The number of rotatable bonds is 4. The van der Waals surface area contributed by atoms with E-state index in [2.05, 4.69) is 40.1 Å². The van der Waals surface area contributed by atoms with Crippen LogP contribution in [0.15, 0.2) is 35.7 Å². The number of hydrogen-bond donors (Lipinski definition) is 1. The van der Waals surface area contributed by atoms with Crippen molar-refractivity contribution in [1.82, 2.24) is 0 Å². The molecule has 0 saturated heterocycles. The lowest BCUT2D eigenvalue weighted by Crippen LogP contribution is -2.01. The molecule has 0 unspecified atom stereocenters. The molecule has 0 fully saturated rings. The summed E-state index contributed by atoms with van der Waals surface area (Å²) in [7, 11) is 0. The Morgan fingerprint density at radius 1 is 1.31 bits per heavy atom. The maximum Gasteiger partial charge on any atom is 0.132 e. The van der Waals surface area contributed by atoms with Crippen molar-refractivity contribution in [2.24, 2.45) is 0 Å². The lowest BCUT2D eigenvalue weighted by Gasteiger charge is -2.07. The van der Waals surface area contributed by atoms with Crippen molar-refractivity contribution in [1.29, 1.82) is 0 Å². The van der Waals surface area contributed by atoms with Gasteiger partial charge in [0, 0.05) is 17.0 Å². The van der Waals surface area contributed by atoms with Crippen LogP contribution < -0.4 is 10.5 Å². The fraction of sp³-hybridized carbons (Fsp3) is 0.167. The van der Waals surface area contributed by atoms with Crippen LogP contribution in [0.1, 0.15) is 4.88 Å². The number of anilines is 1. The van der Waals surface area contributed by atoms with Gasteiger partial charge >= 0.3 is 0 Å². The minimum absolute atomic E-state index is 0.709. The molecule has 0 amide bonds. The Labute approximate surface area is 113 Å². The summed E-state index contributed by atoms with van der Waals surface area (Å²) in [5.41, 5.74) is 6.45. The zero-order valence-electron chi connectivity index (χ0n) is 8.65. The van der Waals surface area contributed by atoms with Crippen molar-refractivity contribution in [2.45, 2.75) is 6.42 Å². The predicted molar refractivity (Wildman–Crippen MR) is 77.1 cm³/mol. The molecule has 1 aromatic carbocycles. The first-order valence-corrected chi connectivity index (χ1v) is 6.92. The van der Waals surface area contributed by atoms with E-state index in [1.165, 1.54) is 4.88 Å². The summed E-state index contributed by atoms with van der Waals surface area (Å²) >= 11 is 4.00. The smallest absolute Gasteiger partial charge is 0.132 e. The zero-order valence-corrected chi connectivity index (χ0v) is 11.6. The molecule has 0 aliphatic rings. The minimum Gasteiger partial charge on any atom is -0.492 e. The molecule has 0 spiro atoms. The summed E-state index contributed by atoms with van der Waals surface area (Å²) in [5.74, 6) is 0.909.